The van der Waals surface area contributed by atoms with Crippen molar-refractivity contribution in [3.63, 3.8) is 0 Å². The third kappa shape index (κ3) is 5.31. The molecule has 1 amide bonds. The Morgan fingerprint density at radius 3 is 2.46 bits per heavy atom. The smallest absolute Gasteiger partial charge is 0.343 e. The molecule has 1 N–H and O–H groups in total. The minimum Gasteiger partial charge on any atom is -0.497 e. The summed E-state index contributed by atoms with van der Waals surface area (Å²) in [5.74, 6) is -0.512. The van der Waals surface area contributed by atoms with Gasteiger partial charge in [0.1, 0.15) is 11.5 Å². The maximum Gasteiger partial charge on any atom is 0.343 e. The average Bonchev–Trinajstić information content (AvgIpc) is 2.89. The molecule has 4 aromatic rings. The second-order valence-electron chi connectivity index (χ2n) is 7.32. The number of non-ortho nitro benzene ring substituents is 1. The summed E-state index contributed by atoms with van der Waals surface area (Å²) in [7, 11) is 1.51. The summed E-state index contributed by atoms with van der Waals surface area (Å²) in [6, 6.07) is 22.7. The molecule has 4 aromatic carbocycles. The summed E-state index contributed by atoms with van der Waals surface area (Å²) < 4.78 is 10.5. The summed E-state index contributed by atoms with van der Waals surface area (Å²) in [4.78, 5) is 35.9. The first-order valence-corrected chi connectivity index (χ1v) is 10.4. The second kappa shape index (κ2) is 10.3. The number of methoxy groups -OCH3 is 1. The number of hydrogen-bond acceptors (Lipinski definition) is 7. The highest BCUT2D eigenvalue weighted by atomic mass is 16.6. The number of ether oxygens (including phenoxy) is 2. The van der Waals surface area contributed by atoms with E-state index in [4.69, 9.17) is 9.47 Å². The Morgan fingerprint density at radius 1 is 0.971 bits per heavy atom. The Hall–Kier alpha value is -5.05. The van der Waals surface area contributed by atoms with Gasteiger partial charge in [-0.25, -0.2) is 10.2 Å². The first-order chi connectivity index (χ1) is 17.0. The lowest BCUT2D eigenvalue weighted by Crippen LogP contribution is -2.18. The van der Waals surface area contributed by atoms with Crippen LogP contribution in [0.3, 0.4) is 0 Å². The largest absolute Gasteiger partial charge is 0.497 e. The van der Waals surface area contributed by atoms with Crippen LogP contribution in [0.4, 0.5) is 5.69 Å². The third-order valence-electron chi connectivity index (χ3n) is 5.14. The zero-order valence-corrected chi connectivity index (χ0v) is 18.5. The molecule has 0 aliphatic carbocycles. The standard InChI is InChI=1S/C26H19N3O6/c1-34-21-12-9-18(10-13-21)26(31)35-24-14-11-20(29(32)33)15-19(24)16-27-28-25(30)23-8-4-6-17-5-2-3-7-22(17)23/h2-16H,1H3,(H,28,30)/b27-16+. The third-order valence-corrected chi connectivity index (χ3v) is 5.14. The van der Waals surface area contributed by atoms with Crippen LogP contribution in [0, 0.1) is 10.1 Å². The second-order valence-corrected chi connectivity index (χ2v) is 7.32. The molecule has 0 heterocycles. The van der Waals surface area contributed by atoms with E-state index in [2.05, 4.69) is 10.5 Å². The summed E-state index contributed by atoms with van der Waals surface area (Å²) in [5.41, 5.74) is 3.01. The number of rotatable bonds is 7. The number of nitro groups is 1. The Bertz CT molecular complexity index is 1440. The van der Waals surface area contributed by atoms with Gasteiger partial charge in [-0.05, 0) is 47.2 Å². The fourth-order valence-electron chi connectivity index (χ4n) is 3.37. The number of nitrogens with zero attached hydrogens (tertiary/aromatic N) is 2. The number of hydrogen-bond donors (Lipinski definition) is 1. The van der Waals surface area contributed by atoms with Gasteiger partial charge in [-0.1, -0.05) is 36.4 Å². The number of carbonyl (C=O) groups is 2. The van der Waals surface area contributed by atoms with Gasteiger partial charge in [-0.15, -0.1) is 0 Å². The van der Waals surface area contributed by atoms with Crippen molar-refractivity contribution in [1.82, 2.24) is 5.43 Å². The maximum absolute atomic E-state index is 12.7. The van der Waals surface area contributed by atoms with Crippen LogP contribution in [0.15, 0.2) is 90.0 Å². The van der Waals surface area contributed by atoms with E-state index in [-0.39, 0.29) is 22.6 Å². The summed E-state index contributed by atoms with van der Waals surface area (Å²) in [6.07, 6.45) is 1.19. The van der Waals surface area contributed by atoms with Gasteiger partial charge >= 0.3 is 5.97 Å². The monoisotopic (exact) mass is 469 g/mol. The number of amides is 1. The van der Waals surface area contributed by atoms with Gasteiger partial charge in [0.15, 0.2) is 0 Å². The Balaban J connectivity index is 1.56. The van der Waals surface area contributed by atoms with Crippen molar-refractivity contribution in [3.05, 3.63) is 112 Å². The highest BCUT2D eigenvalue weighted by Gasteiger charge is 2.16. The molecule has 0 spiro atoms. The fourth-order valence-corrected chi connectivity index (χ4v) is 3.37. The molecule has 0 fully saturated rings. The van der Waals surface area contributed by atoms with Crippen molar-refractivity contribution >= 4 is 34.6 Å². The number of nitro benzene ring substituents is 1. The summed E-state index contributed by atoms with van der Waals surface area (Å²) >= 11 is 0. The molecular weight excluding hydrogens is 450 g/mol. The van der Waals surface area contributed by atoms with Crippen LogP contribution in [0.25, 0.3) is 10.8 Å². The van der Waals surface area contributed by atoms with E-state index in [0.29, 0.717) is 11.3 Å². The summed E-state index contributed by atoms with van der Waals surface area (Å²) in [5, 5.41) is 16.8. The summed E-state index contributed by atoms with van der Waals surface area (Å²) in [6.45, 7) is 0. The molecule has 4 rings (SSSR count). The van der Waals surface area contributed by atoms with Gasteiger partial charge in [0, 0.05) is 23.3 Å². The highest BCUT2D eigenvalue weighted by molar-refractivity contribution is 6.07. The molecule has 0 aromatic heterocycles. The van der Waals surface area contributed by atoms with Crippen LogP contribution in [0.1, 0.15) is 26.3 Å². The molecule has 0 unspecified atom stereocenters. The zero-order valence-electron chi connectivity index (χ0n) is 18.5. The quantitative estimate of drug-likeness (QED) is 0.137. The molecule has 35 heavy (non-hydrogen) atoms. The molecule has 0 bridgehead atoms. The van der Waals surface area contributed by atoms with Crippen molar-refractivity contribution in [1.29, 1.82) is 0 Å². The lowest BCUT2D eigenvalue weighted by Gasteiger charge is -2.08. The highest BCUT2D eigenvalue weighted by Crippen LogP contribution is 2.24. The fraction of sp³-hybridized carbons (Fsp3) is 0.0385. The Kier molecular flexibility index (Phi) is 6.78. The molecule has 0 atom stereocenters. The van der Waals surface area contributed by atoms with Crippen LogP contribution < -0.4 is 14.9 Å². The number of carbonyl (C=O) groups excluding carboxylic acids is 2. The molecule has 0 aliphatic rings. The SMILES string of the molecule is COc1ccc(C(=O)Oc2ccc([N+](=O)[O-])cc2/C=N/NC(=O)c2cccc3ccccc23)cc1. The van der Waals surface area contributed by atoms with Crippen molar-refractivity contribution in [2.24, 2.45) is 5.10 Å². The Morgan fingerprint density at radius 2 is 1.71 bits per heavy atom. The van der Waals surface area contributed by atoms with Crippen LogP contribution in [-0.4, -0.2) is 30.1 Å². The van der Waals surface area contributed by atoms with E-state index in [9.17, 15) is 19.7 Å². The van der Waals surface area contributed by atoms with Gasteiger partial charge in [0.25, 0.3) is 11.6 Å². The van der Waals surface area contributed by atoms with Crippen LogP contribution in [0.2, 0.25) is 0 Å². The maximum atomic E-state index is 12.7. The normalized spacial score (nSPS) is 10.8. The number of hydrazone groups is 1. The van der Waals surface area contributed by atoms with E-state index < -0.39 is 16.8 Å². The predicted molar refractivity (Wildman–Crippen MR) is 130 cm³/mol. The number of benzene rings is 4. The zero-order chi connectivity index (χ0) is 24.8. The van der Waals surface area contributed by atoms with Gasteiger partial charge < -0.3 is 9.47 Å². The first kappa shape index (κ1) is 23.1. The molecule has 0 saturated carbocycles. The minimum absolute atomic E-state index is 0.0413. The predicted octanol–water partition coefficient (Wildman–Crippen LogP) is 4.74. The van der Waals surface area contributed by atoms with Crippen molar-refractivity contribution in [2.45, 2.75) is 0 Å². The van der Waals surface area contributed by atoms with E-state index in [1.807, 2.05) is 30.3 Å². The van der Waals surface area contributed by atoms with Gasteiger partial charge in [0.2, 0.25) is 0 Å². The van der Waals surface area contributed by atoms with Crippen LogP contribution in [-0.2, 0) is 0 Å². The topological polar surface area (TPSA) is 120 Å². The molecule has 0 aliphatic heterocycles. The molecular formula is C26H19N3O6. The molecule has 0 radical (unpaired) electrons. The molecule has 0 saturated heterocycles. The lowest BCUT2D eigenvalue weighted by atomic mass is 10.0. The van der Waals surface area contributed by atoms with Crippen LogP contribution >= 0.6 is 0 Å². The van der Waals surface area contributed by atoms with E-state index in [0.717, 1.165) is 10.8 Å². The van der Waals surface area contributed by atoms with Gasteiger partial charge in [0.05, 0.1) is 23.8 Å². The van der Waals surface area contributed by atoms with Gasteiger partial charge in [-0.2, -0.15) is 5.10 Å². The Labute approximate surface area is 199 Å². The first-order valence-electron chi connectivity index (χ1n) is 10.4. The minimum atomic E-state index is -0.670. The number of nitrogens with one attached hydrogen (secondary N) is 1. The van der Waals surface area contributed by atoms with Crippen molar-refractivity contribution in [2.75, 3.05) is 7.11 Å². The van der Waals surface area contributed by atoms with E-state index >= 15 is 0 Å². The molecule has 9 heteroatoms. The van der Waals surface area contributed by atoms with Gasteiger partial charge in [-0.3, -0.25) is 14.9 Å². The van der Waals surface area contributed by atoms with E-state index in [1.54, 1.807) is 24.3 Å². The van der Waals surface area contributed by atoms with Crippen LogP contribution in [0.5, 0.6) is 11.5 Å². The number of esters is 1. The molecule has 9 nitrogen and oxygen atoms in total. The lowest BCUT2D eigenvalue weighted by molar-refractivity contribution is -0.384. The number of fused-ring (bicyclic) bond motifs is 1. The van der Waals surface area contributed by atoms with Crippen molar-refractivity contribution < 1.29 is 24.0 Å². The van der Waals surface area contributed by atoms with Crippen molar-refractivity contribution in [3.8, 4) is 11.5 Å². The molecule has 174 valence electrons. The average molecular weight is 469 g/mol. The van der Waals surface area contributed by atoms with E-state index in [1.165, 1.54) is 43.7 Å².